The molecule has 5 nitrogen and oxygen atoms in total. The van der Waals surface area contributed by atoms with E-state index in [2.05, 4.69) is 10.3 Å². The second kappa shape index (κ2) is 5.70. The van der Waals surface area contributed by atoms with Crippen molar-refractivity contribution in [2.75, 3.05) is 16.8 Å². The summed E-state index contributed by atoms with van der Waals surface area (Å²) >= 11 is 3.39. The predicted octanol–water partition coefficient (Wildman–Crippen LogP) is 1.53. The fourth-order valence-electron chi connectivity index (χ4n) is 1.64. The van der Waals surface area contributed by atoms with Crippen LogP contribution in [0.25, 0.3) is 0 Å². The molecule has 94 valence electrons. The van der Waals surface area contributed by atoms with E-state index in [1.54, 1.807) is 5.38 Å². The molecule has 17 heavy (non-hydrogen) atoms. The minimum Gasteiger partial charge on any atom is -0.480 e. The molecule has 0 bridgehead atoms. The van der Waals surface area contributed by atoms with Crippen LogP contribution in [0.2, 0.25) is 0 Å². The first-order valence-electron chi connectivity index (χ1n) is 5.45. The standard InChI is InChI=1S/C10H15N3O2S2/c11-8(9(14)15)7-5-17-10(13-7)12-6-1-3-16-4-2-6/h5-6,8H,1-4,11H2,(H,12,13)(H,14,15). The smallest absolute Gasteiger partial charge is 0.326 e. The molecule has 2 rings (SSSR count). The minimum atomic E-state index is -1.05. The second-order valence-corrected chi connectivity index (χ2v) is 6.01. The van der Waals surface area contributed by atoms with E-state index in [0.29, 0.717) is 11.7 Å². The molecule has 1 fully saturated rings. The van der Waals surface area contributed by atoms with E-state index >= 15 is 0 Å². The average molecular weight is 273 g/mol. The van der Waals surface area contributed by atoms with Crippen molar-refractivity contribution in [2.24, 2.45) is 5.73 Å². The number of nitrogens with one attached hydrogen (secondary N) is 1. The van der Waals surface area contributed by atoms with Crippen molar-refractivity contribution in [1.82, 2.24) is 4.98 Å². The van der Waals surface area contributed by atoms with E-state index < -0.39 is 12.0 Å². The van der Waals surface area contributed by atoms with Crippen molar-refractivity contribution < 1.29 is 9.90 Å². The van der Waals surface area contributed by atoms with Gasteiger partial charge in [-0.3, -0.25) is 4.79 Å². The molecule has 0 spiro atoms. The maximum absolute atomic E-state index is 10.7. The summed E-state index contributed by atoms with van der Waals surface area (Å²) in [7, 11) is 0. The Morgan fingerprint density at radius 1 is 1.59 bits per heavy atom. The van der Waals surface area contributed by atoms with Gasteiger partial charge in [-0.05, 0) is 24.3 Å². The van der Waals surface area contributed by atoms with Crippen LogP contribution in [0.5, 0.6) is 0 Å². The van der Waals surface area contributed by atoms with Crippen molar-refractivity contribution in [3.8, 4) is 0 Å². The van der Waals surface area contributed by atoms with Gasteiger partial charge in [0.15, 0.2) is 5.13 Å². The van der Waals surface area contributed by atoms with Crippen LogP contribution in [0.4, 0.5) is 5.13 Å². The molecule has 1 aliphatic rings. The molecule has 0 amide bonds. The quantitative estimate of drug-likeness (QED) is 0.771. The highest BCUT2D eigenvalue weighted by Gasteiger charge is 2.19. The number of nitrogens with zero attached hydrogens (tertiary/aromatic N) is 1. The highest BCUT2D eigenvalue weighted by Crippen LogP contribution is 2.24. The lowest BCUT2D eigenvalue weighted by atomic mass is 10.2. The van der Waals surface area contributed by atoms with Crippen molar-refractivity contribution in [2.45, 2.75) is 24.9 Å². The summed E-state index contributed by atoms with van der Waals surface area (Å²) in [6.45, 7) is 0. The molecule has 1 aromatic rings. The van der Waals surface area contributed by atoms with Crippen molar-refractivity contribution >= 4 is 34.2 Å². The molecule has 1 atom stereocenters. The third-order valence-corrected chi connectivity index (χ3v) is 4.50. The zero-order chi connectivity index (χ0) is 12.3. The maximum atomic E-state index is 10.7. The average Bonchev–Trinajstić information content (AvgIpc) is 2.77. The van der Waals surface area contributed by atoms with Gasteiger partial charge in [-0.25, -0.2) is 4.98 Å². The Bertz CT molecular complexity index is 391. The molecule has 4 N–H and O–H groups in total. The first-order valence-corrected chi connectivity index (χ1v) is 7.48. The lowest BCUT2D eigenvalue weighted by molar-refractivity contribution is -0.138. The lowest BCUT2D eigenvalue weighted by Crippen LogP contribution is -2.25. The number of aromatic nitrogens is 1. The first kappa shape index (κ1) is 12.7. The van der Waals surface area contributed by atoms with Gasteiger partial charge >= 0.3 is 5.97 Å². The van der Waals surface area contributed by atoms with Crippen LogP contribution in [0.1, 0.15) is 24.6 Å². The Hall–Kier alpha value is -0.790. The summed E-state index contributed by atoms with van der Waals surface area (Å²) < 4.78 is 0. The summed E-state index contributed by atoms with van der Waals surface area (Å²) in [5.41, 5.74) is 5.92. The number of carboxylic acid groups (broad SMARTS) is 1. The van der Waals surface area contributed by atoms with Crippen LogP contribution in [0.15, 0.2) is 5.38 Å². The molecular formula is C10H15N3O2S2. The lowest BCUT2D eigenvalue weighted by Gasteiger charge is -2.21. The Labute approximate surface area is 108 Å². The molecule has 1 aliphatic heterocycles. The van der Waals surface area contributed by atoms with E-state index in [9.17, 15) is 4.79 Å². The number of hydrogen-bond donors (Lipinski definition) is 3. The van der Waals surface area contributed by atoms with Gasteiger partial charge in [0, 0.05) is 11.4 Å². The maximum Gasteiger partial charge on any atom is 0.326 e. The molecule has 1 saturated heterocycles. The van der Waals surface area contributed by atoms with Crippen molar-refractivity contribution in [1.29, 1.82) is 0 Å². The van der Waals surface area contributed by atoms with Crippen LogP contribution < -0.4 is 11.1 Å². The van der Waals surface area contributed by atoms with Crippen LogP contribution in [0.3, 0.4) is 0 Å². The van der Waals surface area contributed by atoms with Crippen LogP contribution in [-0.2, 0) is 4.79 Å². The van der Waals surface area contributed by atoms with E-state index in [0.717, 1.165) is 18.0 Å². The number of aliphatic carboxylic acids is 1. The summed E-state index contributed by atoms with van der Waals surface area (Å²) in [6, 6.07) is -0.569. The van der Waals surface area contributed by atoms with Crippen molar-refractivity contribution in [3.05, 3.63) is 11.1 Å². The topological polar surface area (TPSA) is 88.2 Å². The number of anilines is 1. The molecule has 0 aromatic carbocycles. The Morgan fingerprint density at radius 2 is 2.29 bits per heavy atom. The van der Waals surface area contributed by atoms with Gasteiger partial charge in [-0.15, -0.1) is 11.3 Å². The molecule has 1 aromatic heterocycles. The predicted molar refractivity (Wildman–Crippen MR) is 70.6 cm³/mol. The first-order chi connectivity index (χ1) is 8.16. The summed E-state index contributed by atoms with van der Waals surface area (Å²) in [4.78, 5) is 14.9. The van der Waals surface area contributed by atoms with E-state index in [-0.39, 0.29) is 0 Å². The SMILES string of the molecule is NC(C(=O)O)c1csc(NC2CCSCC2)n1. The molecule has 2 heterocycles. The van der Waals surface area contributed by atoms with Gasteiger partial charge in [0.1, 0.15) is 6.04 Å². The third-order valence-electron chi connectivity index (χ3n) is 2.66. The van der Waals surface area contributed by atoms with Gasteiger partial charge in [0.05, 0.1) is 5.69 Å². The molecule has 0 radical (unpaired) electrons. The monoisotopic (exact) mass is 273 g/mol. The van der Waals surface area contributed by atoms with Crippen LogP contribution in [-0.4, -0.2) is 33.6 Å². The minimum absolute atomic E-state index is 0.426. The molecule has 0 aliphatic carbocycles. The Balaban J connectivity index is 1.95. The largest absolute Gasteiger partial charge is 0.480 e. The van der Waals surface area contributed by atoms with Gasteiger partial charge in [0.2, 0.25) is 0 Å². The number of rotatable bonds is 4. The number of thioether (sulfide) groups is 1. The molecule has 0 saturated carbocycles. The zero-order valence-electron chi connectivity index (χ0n) is 9.26. The number of thiazole rings is 1. The second-order valence-electron chi connectivity index (χ2n) is 3.92. The summed E-state index contributed by atoms with van der Waals surface area (Å²) in [6.07, 6.45) is 2.26. The molecular weight excluding hydrogens is 258 g/mol. The number of nitrogens with two attached hydrogens (primary N) is 1. The molecule has 1 unspecified atom stereocenters. The fourth-order valence-corrected chi connectivity index (χ4v) is 3.57. The third kappa shape index (κ3) is 3.34. The highest BCUT2D eigenvalue weighted by molar-refractivity contribution is 7.99. The Morgan fingerprint density at radius 3 is 2.94 bits per heavy atom. The van der Waals surface area contributed by atoms with E-state index in [1.165, 1.54) is 22.8 Å². The van der Waals surface area contributed by atoms with Gasteiger partial charge in [-0.1, -0.05) is 0 Å². The zero-order valence-corrected chi connectivity index (χ0v) is 10.9. The Kier molecular flexibility index (Phi) is 4.25. The van der Waals surface area contributed by atoms with E-state index in [4.69, 9.17) is 10.8 Å². The van der Waals surface area contributed by atoms with Crippen LogP contribution in [0, 0.1) is 0 Å². The van der Waals surface area contributed by atoms with Gasteiger partial charge in [-0.2, -0.15) is 11.8 Å². The molecule has 7 heteroatoms. The van der Waals surface area contributed by atoms with Crippen molar-refractivity contribution in [3.63, 3.8) is 0 Å². The highest BCUT2D eigenvalue weighted by atomic mass is 32.2. The fraction of sp³-hybridized carbons (Fsp3) is 0.600. The van der Waals surface area contributed by atoms with E-state index in [1.807, 2.05) is 11.8 Å². The van der Waals surface area contributed by atoms with Crippen LogP contribution >= 0.6 is 23.1 Å². The summed E-state index contributed by atoms with van der Waals surface area (Å²) in [5, 5.41) is 14.6. The summed E-state index contributed by atoms with van der Waals surface area (Å²) in [5.74, 6) is 1.30. The number of hydrogen-bond acceptors (Lipinski definition) is 6. The van der Waals surface area contributed by atoms with Gasteiger partial charge in [0.25, 0.3) is 0 Å². The number of carboxylic acids is 1. The normalized spacial score (nSPS) is 18.9. The van der Waals surface area contributed by atoms with Gasteiger partial charge < -0.3 is 16.2 Å². The number of carbonyl (C=O) groups is 1.